The van der Waals surface area contributed by atoms with Crippen LogP contribution in [0.5, 0.6) is 0 Å². The average Bonchev–Trinajstić information content (AvgIpc) is 3.25. The molecule has 1 aromatic heterocycles. The van der Waals surface area contributed by atoms with Crippen LogP contribution in [0, 0.1) is 6.92 Å². The largest absolute Gasteiger partial charge is 0.463 e. The van der Waals surface area contributed by atoms with Crippen LogP contribution < -0.4 is 15.5 Å². The van der Waals surface area contributed by atoms with Gasteiger partial charge in [0.2, 0.25) is 0 Å². The number of aliphatic hydroxyl groups is 1. The van der Waals surface area contributed by atoms with Gasteiger partial charge in [-0.15, -0.1) is 0 Å². The van der Waals surface area contributed by atoms with E-state index in [1.807, 2.05) is 31.2 Å². The molecule has 2 heterocycles. The van der Waals surface area contributed by atoms with Crippen LogP contribution in [0.2, 0.25) is 0 Å². The molecule has 0 spiro atoms. The van der Waals surface area contributed by atoms with Gasteiger partial charge in [-0.05, 0) is 51.0 Å². The van der Waals surface area contributed by atoms with E-state index in [-0.39, 0.29) is 12.6 Å². The lowest BCUT2D eigenvalue weighted by Gasteiger charge is -2.23. The van der Waals surface area contributed by atoms with Crippen molar-refractivity contribution in [1.82, 2.24) is 5.32 Å². The van der Waals surface area contributed by atoms with Gasteiger partial charge >= 0.3 is 6.03 Å². The van der Waals surface area contributed by atoms with Crippen molar-refractivity contribution in [3.8, 4) is 0 Å². The molecule has 1 unspecified atom stereocenters. The van der Waals surface area contributed by atoms with Crippen LogP contribution in [0.4, 0.5) is 16.2 Å². The molecular weight excluding hydrogens is 318 g/mol. The molecule has 1 saturated heterocycles. The third kappa shape index (κ3) is 4.14. The zero-order valence-electron chi connectivity index (χ0n) is 14.7. The second kappa shape index (κ2) is 7.19. The minimum atomic E-state index is -1.26. The number of benzene rings is 1. The van der Waals surface area contributed by atoms with Crippen molar-refractivity contribution >= 4 is 17.4 Å². The van der Waals surface area contributed by atoms with Crippen LogP contribution in [-0.2, 0) is 5.60 Å². The monoisotopic (exact) mass is 343 g/mol. The van der Waals surface area contributed by atoms with E-state index >= 15 is 0 Å². The van der Waals surface area contributed by atoms with Gasteiger partial charge < -0.3 is 25.1 Å². The molecule has 2 aromatic rings. The van der Waals surface area contributed by atoms with E-state index in [9.17, 15) is 9.90 Å². The van der Waals surface area contributed by atoms with E-state index in [4.69, 9.17) is 4.42 Å². The predicted octanol–water partition coefficient (Wildman–Crippen LogP) is 3.22. The summed E-state index contributed by atoms with van der Waals surface area (Å²) in [5.41, 5.74) is 0.541. The van der Waals surface area contributed by atoms with Gasteiger partial charge in [-0.3, -0.25) is 0 Å². The number of nitrogens with zero attached hydrogens (tertiary/aromatic N) is 1. The molecule has 1 fully saturated rings. The number of furan rings is 1. The van der Waals surface area contributed by atoms with E-state index in [2.05, 4.69) is 15.5 Å². The molecule has 1 aliphatic rings. The van der Waals surface area contributed by atoms with E-state index in [1.54, 1.807) is 19.1 Å². The van der Waals surface area contributed by atoms with E-state index < -0.39 is 5.60 Å². The Bertz CT molecular complexity index is 733. The molecule has 2 amide bonds. The SMILES string of the molecule is Cc1ccc(C(C)(O)CNC(=O)Nc2ccccc2N2CCCC2)o1. The second-order valence-corrected chi connectivity index (χ2v) is 6.70. The van der Waals surface area contributed by atoms with Gasteiger partial charge in [-0.2, -0.15) is 0 Å². The number of urea groups is 1. The Morgan fingerprint density at radius 2 is 1.96 bits per heavy atom. The van der Waals surface area contributed by atoms with Crippen molar-refractivity contribution < 1.29 is 14.3 Å². The molecule has 0 bridgehead atoms. The number of carbonyl (C=O) groups is 1. The Hall–Kier alpha value is -2.47. The van der Waals surface area contributed by atoms with Crippen LogP contribution >= 0.6 is 0 Å². The summed E-state index contributed by atoms with van der Waals surface area (Å²) >= 11 is 0. The Morgan fingerprint density at radius 1 is 1.24 bits per heavy atom. The van der Waals surface area contributed by atoms with Gasteiger partial charge in [-0.25, -0.2) is 4.79 Å². The first kappa shape index (κ1) is 17.4. The number of para-hydroxylation sites is 2. The smallest absolute Gasteiger partial charge is 0.319 e. The summed E-state index contributed by atoms with van der Waals surface area (Å²) < 4.78 is 5.46. The third-order valence-electron chi connectivity index (χ3n) is 4.46. The molecule has 0 radical (unpaired) electrons. The van der Waals surface area contributed by atoms with Crippen LogP contribution in [-0.4, -0.2) is 30.8 Å². The molecule has 1 aliphatic heterocycles. The van der Waals surface area contributed by atoms with E-state index in [0.717, 1.165) is 30.2 Å². The van der Waals surface area contributed by atoms with Crippen molar-refractivity contribution in [2.24, 2.45) is 0 Å². The van der Waals surface area contributed by atoms with Crippen molar-refractivity contribution in [3.63, 3.8) is 0 Å². The lowest BCUT2D eigenvalue weighted by atomic mass is 10.0. The fourth-order valence-electron chi connectivity index (χ4n) is 3.04. The first-order chi connectivity index (χ1) is 12.0. The van der Waals surface area contributed by atoms with Gasteiger partial charge in [0.15, 0.2) is 0 Å². The molecule has 1 aromatic carbocycles. The molecule has 134 valence electrons. The van der Waals surface area contributed by atoms with Gasteiger partial charge in [-0.1, -0.05) is 12.1 Å². The molecule has 1 atom stereocenters. The van der Waals surface area contributed by atoms with Crippen molar-refractivity contribution in [3.05, 3.63) is 47.9 Å². The maximum absolute atomic E-state index is 12.3. The number of aryl methyl sites for hydroxylation is 1. The van der Waals surface area contributed by atoms with Gasteiger partial charge in [0.1, 0.15) is 17.1 Å². The zero-order chi connectivity index (χ0) is 17.9. The van der Waals surface area contributed by atoms with Crippen LogP contribution in [0.15, 0.2) is 40.8 Å². The third-order valence-corrected chi connectivity index (χ3v) is 4.46. The van der Waals surface area contributed by atoms with Gasteiger partial charge in [0.25, 0.3) is 0 Å². The highest BCUT2D eigenvalue weighted by Crippen LogP contribution is 2.28. The zero-order valence-corrected chi connectivity index (χ0v) is 14.7. The summed E-state index contributed by atoms with van der Waals surface area (Å²) in [4.78, 5) is 14.6. The van der Waals surface area contributed by atoms with E-state index in [1.165, 1.54) is 12.8 Å². The number of anilines is 2. The minimum Gasteiger partial charge on any atom is -0.463 e. The Kier molecular flexibility index (Phi) is 4.99. The van der Waals surface area contributed by atoms with Crippen molar-refractivity contribution in [1.29, 1.82) is 0 Å². The summed E-state index contributed by atoms with van der Waals surface area (Å²) in [5.74, 6) is 1.15. The summed E-state index contributed by atoms with van der Waals surface area (Å²) in [7, 11) is 0. The summed E-state index contributed by atoms with van der Waals surface area (Å²) in [6, 6.07) is 10.9. The first-order valence-electron chi connectivity index (χ1n) is 8.64. The highest BCUT2D eigenvalue weighted by molar-refractivity contribution is 5.93. The second-order valence-electron chi connectivity index (χ2n) is 6.70. The lowest BCUT2D eigenvalue weighted by Crippen LogP contribution is -2.40. The molecular formula is C19H25N3O3. The predicted molar refractivity (Wildman–Crippen MR) is 97.9 cm³/mol. The number of carbonyl (C=O) groups excluding carboxylic acids is 1. The van der Waals surface area contributed by atoms with Gasteiger partial charge in [0, 0.05) is 13.1 Å². The van der Waals surface area contributed by atoms with E-state index in [0.29, 0.717) is 5.76 Å². The molecule has 6 nitrogen and oxygen atoms in total. The summed E-state index contributed by atoms with van der Waals surface area (Å²) in [6.45, 7) is 5.50. The number of nitrogens with one attached hydrogen (secondary N) is 2. The normalized spacial score (nSPS) is 16.5. The van der Waals surface area contributed by atoms with Crippen molar-refractivity contribution in [2.75, 3.05) is 29.9 Å². The summed E-state index contributed by atoms with van der Waals surface area (Å²) in [6.07, 6.45) is 2.35. The quantitative estimate of drug-likeness (QED) is 0.779. The standard InChI is InChI=1S/C19H25N3O3/c1-14-9-10-17(25-14)19(2,24)13-20-18(23)21-15-7-3-4-8-16(15)22-11-5-6-12-22/h3-4,7-10,24H,5-6,11-13H2,1-2H3,(H2,20,21,23). The Labute approximate surface area is 147 Å². The number of hydrogen-bond donors (Lipinski definition) is 3. The number of rotatable bonds is 5. The maximum atomic E-state index is 12.3. The van der Waals surface area contributed by atoms with Crippen LogP contribution in [0.1, 0.15) is 31.3 Å². The first-order valence-corrected chi connectivity index (χ1v) is 8.64. The summed E-state index contributed by atoms with van der Waals surface area (Å²) in [5, 5.41) is 16.1. The van der Waals surface area contributed by atoms with Crippen molar-refractivity contribution in [2.45, 2.75) is 32.3 Å². The Balaban J connectivity index is 1.61. The minimum absolute atomic E-state index is 0.0532. The average molecular weight is 343 g/mol. The molecule has 25 heavy (non-hydrogen) atoms. The maximum Gasteiger partial charge on any atom is 0.319 e. The lowest BCUT2D eigenvalue weighted by molar-refractivity contribution is 0.0364. The Morgan fingerprint density at radius 3 is 2.64 bits per heavy atom. The van der Waals surface area contributed by atoms with Crippen LogP contribution in [0.25, 0.3) is 0 Å². The molecule has 3 rings (SSSR count). The number of hydrogen-bond acceptors (Lipinski definition) is 4. The molecule has 3 N–H and O–H groups in total. The highest BCUT2D eigenvalue weighted by atomic mass is 16.4. The molecule has 6 heteroatoms. The fourth-order valence-corrected chi connectivity index (χ4v) is 3.04. The molecule has 0 saturated carbocycles. The number of amides is 2. The fraction of sp³-hybridized carbons (Fsp3) is 0.421. The topological polar surface area (TPSA) is 77.7 Å². The molecule has 0 aliphatic carbocycles. The van der Waals surface area contributed by atoms with Crippen LogP contribution in [0.3, 0.4) is 0 Å². The van der Waals surface area contributed by atoms with Gasteiger partial charge in [0.05, 0.1) is 17.9 Å². The highest BCUT2D eigenvalue weighted by Gasteiger charge is 2.27.